The van der Waals surface area contributed by atoms with E-state index < -0.39 is 22.8 Å². The average molecular weight is 537 g/mol. The van der Waals surface area contributed by atoms with Crippen molar-refractivity contribution in [3.8, 4) is 5.75 Å². The Kier molecular flexibility index (Phi) is 10.1. The Labute approximate surface area is 214 Å². The molecular weight excluding hydrogens is 510 g/mol. The summed E-state index contributed by atoms with van der Waals surface area (Å²) in [6.07, 6.45) is 0.639. The van der Waals surface area contributed by atoms with Crippen LogP contribution in [0.3, 0.4) is 0 Å². The minimum Gasteiger partial charge on any atom is -0.493 e. The lowest BCUT2D eigenvalue weighted by Crippen LogP contribution is -2.49. The van der Waals surface area contributed by atoms with E-state index in [9.17, 15) is 29.6 Å². The number of aromatic carboxylic acids is 1. The summed E-state index contributed by atoms with van der Waals surface area (Å²) in [7, 11) is 3.09. The number of carboxylic acid groups (broad SMARTS) is 3. The lowest BCUT2D eigenvalue weighted by molar-refractivity contribution is -0.384. The summed E-state index contributed by atoms with van der Waals surface area (Å²) in [5, 5.41) is 34.9. The predicted octanol–water partition coefficient (Wildman–Crippen LogP) is -0.563. The lowest BCUT2D eigenvalue weighted by Gasteiger charge is -2.36. The normalized spacial score (nSPS) is 13.3. The zero-order valence-corrected chi connectivity index (χ0v) is 20.6. The Morgan fingerprint density at radius 2 is 1.58 bits per heavy atom. The van der Waals surface area contributed by atoms with Crippen molar-refractivity contribution in [1.82, 2.24) is 14.0 Å². The highest BCUT2D eigenvalue weighted by Crippen LogP contribution is 2.24. The molecule has 0 aliphatic carbocycles. The largest absolute Gasteiger partial charge is 0.493 e. The van der Waals surface area contributed by atoms with Crippen LogP contribution in [0.25, 0.3) is 0 Å². The minimum atomic E-state index is -1.82. The molecule has 2 aromatic rings. The summed E-state index contributed by atoms with van der Waals surface area (Å²) in [5.41, 5.74) is -1.25. The SMILES string of the molecule is Cn1c(N2CCN(CCCOc3ccc([N+](=O)[O-])cc3C(=O)O)CC2)cc(=O)n(C)c1=O.O=C(O)C(=O)O. The van der Waals surface area contributed by atoms with E-state index in [2.05, 4.69) is 4.90 Å². The molecule has 3 N–H and O–H groups in total. The van der Waals surface area contributed by atoms with Crippen LogP contribution in [0.4, 0.5) is 11.5 Å². The quantitative estimate of drug-likeness (QED) is 0.167. The summed E-state index contributed by atoms with van der Waals surface area (Å²) < 4.78 is 8.09. The number of nitro groups is 1. The summed E-state index contributed by atoms with van der Waals surface area (Å²) >= 11 is 0. The first kappa shape index (κ1) is 29.5. The van der Waals surface area contributed by atoms with Gasteiger partial charge in [0.15, 0.2) is 0 Å². The fraction of sp³-hybridized carbons (Fsp3) is 0.409. The number of nitrogens with zero attached hydrogens (tertiary/aromatic N) is 5. The molecule has 1 fully saturated rings. The highest BCUT2D eigenvalue weighted by molar-refractivity contribution is 6.27. The molecular formula is C22H27N5O11. The van der Waals surface area contributed by atoms with Gasteiger partial charge < -0.3 is 25.0 Å². The van der Waals surface area contributed by atoms with Crippen molar-refractivity contribution in [3.05, 3.63) is 60.8 Å². The number of aromatic nitrogens is 2. The maximum absolute atomic E-state index is 12.1. The molecule has 0 atom stereocenters. The van der Waals surface area contributed by atoms with Gasteiger partial charge in [0.2, 0.25) is 0 Å². The highest BCUT2D eigenvalue weighted by atomic mass is 16.6. The summed E-state index contributed by atoms with van der Waals surface area (Å²) in [6.45, 7) is 3.78. The highest BCUT2D eigenvalue weighted by Gasteiger charge is 2.21. The summed E-state index contributed by atoms with van der Waals surface area (Å²) in [6, 6.07) is 4.97. The van der Waals surface area contributed by atoms with Crippen LogP contribution >= 0.6 is 0 Å². The van der Waals surface area contributed by atoms with Gasteiger partial charge in [-0.15, -0.1) is 0 Å². The van der Waals surface area contributed by atoms with E-state index in [1.54, 1.807) is 7.05 Å². The molecule has 1 aromatic carbocycles. The molecule has 0 radical (unpaired) electrons. The molecule has 3 rings (SSSR count). The first-order valence-electron chi connectivity index (χ1n) is 11.2. The van der Waals surface area contributed by atoms with Crippen molar-refractivity contribution < 1.29 is 39.4 Å². The van der Waals surface area contributed by atoms with Crippen LogP contribution in [0.15, 0.2) is 33.9 Å². The molecule has 1 aliphatic rings. The number of nitro benzene ring substituents is 1. The number of aliphatic carboxylic acids is 2. The van der Waals surface area contributed by atoms with E-state index in [-0.39, 0.29) is 34.9 Å². The number of benzene rings is 1. The number of anilines is 1. The van der Waals surface area contributed by atoms with E-state index in [4.69, 9.17) is 24.5 Å². The number of ether oxygens (including phenoxy) is 1. The van der Waals surface area contributed by atoms with Gasteiger partial charge in [0.25, 0.3) is 11.2 Å². The third-order valence-corrected chi connectivity index (χ3v) is 5.66. The second-order valence-corrected chi connectivity index (χ2v) is 8.13. The number of non-ortho nitro benzene ring substituents is 1. The van der Waals surface area contributed by atoms with Crippen molar-refractivity contribution in [1.29, 1.82) is 0 Å². The molecule has 1 aliphatic heterocycles. The van der Waals surface area contributed by atoms with E-state index in [1.807, 2.05) is 4.90 Å². The number of carboxylic acids is 3. The smallest absolute Gasteiger partial charge is 0.414 e. The molecule has 0 spiro atoms. The van der Waals surface area contributed by atoms with Crippen LogP contribution in [-0.2, 0) is 23.7 Å². The van der Waals surface area contributed by atoms with Crippen LogP contribution in [0.5, 0.6) is 5.75 Å². The molecule has 206 valence electrons. The number of carbonyl (C=O) groups is 3. The Balaban J connectivity index is 0.000000757. The van der Waals surface area contributed by atoms with Crippen molar-refractivity contribution in [2.75, 3.05) is 44.2 Å². The van der Waals surface area contributed by atoms with E-state index in [0.717, 1.165) is 30.3 Å². The van der Waals surface area contributed by atoms with Gasteiger partial charge in [0.05, 0.1) is 11.5 Å². The Morgan fingerprint density at radius 3 is 2.11 bits per heavy atom. The summed E-state index contributed by atoms with van der Waals surface area (Å²) in [4.78, 5) is 68.0. The van der Waals surface area contributed by atoms with E-state index in [0.29, 0.717) is 25.3 Å². The van der Waals surface area contributed by atoms with Crippen LogP contribution in [0.1, 0.15) is 16.8 Å². The summed E-state index contributed by atoms with van der Waals surface area (Å²) in [5.74, 6) is -4.24. The molecule has 2 heterocycles. The Bertz CT molecular complexity index is 1310. The van der Waals surface area contributed by atoms with Crippen LogP contribution < -0.4 is 20.9 Å². The molecule has 0 amide bonds. The zero-order chi connectivity index (χ0) is 28.6. The second kappa shape index (κ2) is 13.0. The van der Waals surface area contributed by atoms with E-state index >= 15 is 0 Å². The average Bonchev–Trinajstić information content (AvgIpc) is 2.88. The molecule has 0 saturated carbocycles. The van der Waals surface area contributed by atoms with Crippen molar-refractivity contribution in [2.24, 2.45) is 14.1 Å². The maximum Gasteiger partial charge on any atom is 0.414 e. The zero-order valence-electron chi connectivity index (χ0n) is 20.6. The molecule has 1 saturated heterocycles. The van der Waals surface area contributed by atoms with Gasteiger partial charge in [-0.25, -0.2) is 19.2 Å². The van der Waals surface area contributed by atoms with Crippen LogP contribution in [-0.4, -0.2) is 91.5 Å². The third kappa shape index (κ3) is 7.63. The molecule has 0 bridgehead atoms. The minimum absolute atomic E-state index is 0.0968. The molecule has 38 heavy (non-hydrogen) atoms. The molecule has 16 heteroatoms. The molecule has 0 unspecified atom stereocenters. The van der Waals surface area contributed by atoms with Gasteiger partial charge in [0, 0.05) is 65.0 Å². The number of hydrogen-bond donors (Lipinski definition) is 3. The van der Waals surface area contributed by atoms with Crippen molar-refractivity contribution in [2.45, 2.75) is 6.42 Å². The standard InChI is InChI=1S/C20H25N5O7.C2H2O4/c1-21-17(13-18(26)22(2)20(21)29)24-9-7-23(8-10-24)6-3-11-32-16-5-4-14(25(30)31)12-15(16)19(27)28;3-1(4)2(5)6/h4-5,12-13H,3,6-11H2,1-2H3,(H,27,28);(H,3,4)(H,5,6). The first-order valence-corrected chi connectivity index (χ1v) is 11.2. The van der Waals surface area contributed by atoms with Crippen LogP contribution in [0.2, 0.25) is 0 Å². The monoisotopic (exact) mass is 537 g/mol. The Hall–Kier alpha value is -4.73. The van der Waals surface area contributed by atoms with Crippen molar-refractivity contribution >= 4 is 29.4 Å². The first-order chi connectivity index (χ1) is 17.8. The maximum atomic E-state index is 12.1. The van der Waals surface area contributed by atoms with Gasteiger partial charge in [0.1, 0.15) is 17.1 Å². The van der Waals surface area contributed by atoms with Crippen LogP contribution in [0, 0.1) is 10.1 Å². The Morgan fingerprint density at radius 1 is 0.974 bits per heavy atom. The number of rotatable bonds is 8. The van der Waals surface area contributed by atoms with Gasteiger partial charge in [-0.05, 0) is 12.5 Å². The van der Waals surface area contributed by atoms with Gasteiger partial charge in [-0.3, -0.25) is 28.9 Å². The van der Waals surface area contributed by atoms with Gasteiger partial charge >= 0.3 is 23.6 Å². The number of hydrogen-bond acceptors (Lipinski definition) is 10. The lowest BCUT2D eigenvalue weighted by atomic mass is 10.2. The molecule has 1 aromatic heterocycles. The topological polar surface area (TPSA) is 215 Å². The second-order valence-electron chi connectivity index (χ2n) is 8.13. The molecule has 16 nitrogen and oxygen atoms in total. The van der Waals surface area contributed by atoms with E-state index in [1.165, 1.54) is 29.8 Å². The van der Waals surface area contributed by atoms with Gasteiger partial charge in [-0.2, -0.15) is 0 Å². The van der Waals surface area contributed by atoms with Crippen molar-refractivity contribution in [3.63, 3.8) is 0 Å². The predicted molar refractivity (Wildman–Crippen MR) is 131 cm³/mol. The fourth-order valence-corrected chi connectivity index (χ4v) is 3.62. The number of piperazine rings is 1. The van der Waals surface area contributed by atoms with Gasteiger partial charge in [-0.1, -0.05) is 0 Å². The fourth-order valence-electron chi connectivity index (χ4n) is 3.62. The third-order valence-electron chi connectivity index (χ3n) is 5.66.